The summed E-state index contributed by atoms with van der Waals surface area (Å²) in [6, 6.07) is 7.55. The molecule has 0 fully saturated rings. The summed E-state index contributed by atoms with van der Waals surface area (Å²) in [5.41, 5.74) is 6.65. The van der Waals surface area contributed by atoms with Crippen LogP contribution in [-0.2, 0) is 11.3 Å². The zero-order valence-electron chi connectivity index (χ0n) is 10.4. The van der Waals surface area contributed by atoms with Crippen molar-refractivity contribution in [2.45, 2.75) is 25.4 Å². The van der Waals surface area contributed by atoms with Gasteiger partial charge in [-0.3, -0.25) is 0 Å². The molecule has 1 rings (SSSR count). The fourth-order valence-corrected chi connectivity index (χ4v) is 1.69. The topological polar surface area (TPSA) is 67.5 Å². The summed E-state index contributed by atoms with van der Waals surface area (Å²) in [7, 11) is 1.71. The predicted molar refractivity (Wildman–Crippen MR) is 68.9 cm³/mol. The normalized spacial score (nSPS) is 12.6. The Hall–Kier alpha value is -1.10. The molecule has 0 bridgehead atoms. The lowest BCUT2D eigenvalue weighted by atomic mass is 10.1. The van der Waals surface area contributed by atoms with Crippen molar-refractivity contribution >= 4 is 0 Å². The molecular weight excluding hydrogens is 216 g/mol. The van der Waals surface area contributed by atoms with E-state index in [1.807, 2.05) is 12.1 Å². The summed E-state index contributed by atoms with van der Waals surface area (Å²) < 4.78 is 5.17. The van der Waals surface area contributed by atoms with Gasteiger partial charge in [-0.1, -0.05) is 12.1 Å². The van der Waals surface area contributed by atoms with E-state index in [-0.39, 0.29) is 0 Å². The Balaban J connectivity index is 2.37. The Morgan fingerprint density at radius 1 is 1.35 bits per heavy atom. The van der Waals surface area contributed by atoms with Crippen molar-refractivity contribution in [2.75, 3.05) is 20.3 Å². The third-order valence-electron chi connectivity index (χ3n) is 2.66. The van der Waals surface area contributed by atoms with Gasteiger partial charge < -0.3 is 20.9 Å². The molecule has 4 nitrogen and oxygen atoms in total. The van der Waals surface area contributed by atoms with Crippen molar-refractivity contribution in [3.05, 3.63) is 29.8 Å². The van der Waals surface area contributed by atoms with Crippen molar-refractivity contribution in [1.82, 2.24) is 5.32 Å². The van der Waals surface area contributed by atoms with Crippen molar-refractivity contribution < 1.29 is 9.84 Å². The minimum atomic E-state index is 0.297. The highest BCUT2D eigenvalue weighted by atomic mass is 16.5. The third-order valence-corrected chi connectivity index (χ3v) is 2.66. The minimum Gasteiger partial charge on any atom is -0.508 e. The second kappa shape index (κ2) is 8.06. The van der Waals surface area contributed by atoms with Crippen LogP contribution in [0.1, 0.15) is 18.4 Å². The molecule has 0 heterocycles. The smallest absolute Gasteiger partial charge is 0.115 e. The van der Waals surface area contributed by atoms with Crippen LogP contribution >= 0.6 is 0 Å². The predicted octanol–water partition coefficient (Wildman–Crippen LogP) is 1.24. The fraction of sp³-hybridized carbons (Fsp3) is 0.538. The maximum absolute atomic E-state index is 9.18. The van der Waals surface area contributed by atoms with E-state index in [9.17, 15) is 5.11 Å². The van der Waals surface area contributed by atoms with Crippen LogP contribution in [0.15, 0.2) is 24.3 Å². The van der Waals surface area contributed by atoms with Gasteiger partial charge in [0.25, 0.3) is 0 Å². The lowest BCUT2D eigenvalue weighted by molar-refractivity contribution is 0.161. The van der Waals surface area contributed by atoms with Gasteiger partial charge in [-0.15, -0.1) is 0 Å². The molecular formula is C13H22N2O2. The molecule has 1 atom stereocenters. The monoisotopic (exact) mass is 238 g/mol. The maximum Gasteiger partial charge on any atom is 0.115 e. The molecule has 0 radical (unpaired) electrons. The lowest BCUT2D eigenvalue weighted by Gasteiger charge is -2.17. The van der Waals surface area contributed by atoms with Gasteiger partial charge in [0.2, 0.25) is 0 Å². The molecule has 0 aliphatic heterocycles. The van der Waals surface area contributed by atoms with E-state index >= 15 is 0 Å². The average molecular weight is 238 g/mol. The van der Waals surface area contributed by atoms with Gasteiger partial charge in [-0.05, 0) is 37.1 Å². The van der Waals surface area contributed by atoms with Gasteiger partial charge in [0.05, 0.1) is 6.61 Å². The molecule has 17 heavy (non-hydrogen) atoms. The SMILES string of the molecule is COCC(CCCN)NCc1ccc(O)cc1. The van der Waals surface area contributed by atoms with Crippen molar-refractivity contribution in [1.29, 1.82) is 0 Å². The number of nitrogens with two attached hydrogens (primary N) is 1. The summed E-state index contributed by atoms with van der Waals surface area (Å²) in [6.45, 7) is 2.18. The molecule has 0 saturated carbocycles. The molecule has 4 heteroatoms. The molecule has 1 aromatic carbocycles. The van der Waals surface area contributed by atoms with Crippen molar-refractivity contribution in [2.24, 2.45) is 5.73 Å². The Kier molecular flexibility index (Phi) is 6.62. The Morgan fingerprint density at radius 3 is 2.65 bits per heavy atom. The van der Waals surface area contributed by atoms with E-state index in [0.717, 1.165) is 24.9 Å². The van der Waals surface area contributed by atoms with Gasteiger partial charge in [-0.25, -0.2) is 0 Å². The van der Waals surface area contributed by atoms with E-state index in [1.165, 1.54) is 0 Å². The zero-order valence-corrected chi connectivity index (χ0v) is 10.4. The molecule has 1 aromatic rings. The van der Waals surface area contributed by atoms with E-state index in [0.29, 0.717) is 24.9 Å². The summed E-state index contributed by atoms with van der Waals surface area (Å²) in [5.74, 6) is 0.297. The molecule has 0 spiro atoms. The number of nitrogens with one attached hydrogen (secondary N) is 1. The highest BCUT2D eigenvalue weighted by Gasteiger charge is 2.06. The Labute approximate surface area is 103 Å². The van der Waals surface area contributed by atoms with E-state index in [2.05, 4.69) is 5.32 Å². The van der Waals surface area contributed by atoms with E-state index < -0.39 is 0 Å². The highest BCUT2D eigenvalue weighted by molar-refractivity contribution is 5.25. The number of rotatable bonds is 8. The lowest BCUT2D eigenvalue weighted by Crippen LogP contribution is -2.33. The molecule has 0 aliphatic carbocycles. The van der Waals surface area contributed by atoms with Crippen LogP contribution in [0.25, 0.3) is 0 Å². The Morgan fingerprint density at radius 2 is 2.06 bits per heavy atom. The van der Waals surface area contributed by atoms with Crippen molar-refractivity contribution in [3.8, 4) is 5.75 Å². The number of benzene rings is 1. The molecule has 1 unspecified atom stereocenters. The van der Waals surface area contributed by atoms with Gasteiger partial charge in [0, 0.05) is 19.7 Å². The van der Waals surface area contributed by atoms with Crippen LogP contribution in [0.3, 0.4) is 0 Å². The van der Waals surface area contributed by atoms with Crippen molar-refractivity contribution in [3.63, 3.8) is 0 Å². The molecule has 0 amide bonds. The number of phenols is 1. The quantitative estimate of drug-likeness (QED) is 0.637. The van der Waals surface area contributed by atoms with E-state index in [1.54, 1.807) is 19.2 Å². The summed E-state index contributed by atoms with van der Waals surface area (Å²) in [6.07, 6.45) is 2.01. The van der Waals surface area contributed by atoms with Gasteiger partial charge in [0.15, 0.2) is 0 Å². The van der Waals surface area contributed by atoms with Gasteiger partial charge >= 0.3 is 0 Å². The molecule has 4 N–H and O–H groups in total. The summed E-state index contributed by atoms with van der Waals surface area (Å²) in [4.78, 5) is 0. The number of hydrogen-bond acceptors (Lipinski definition) is 4. The van der Waals surface area contributed by atoms with Crippen LogP contribution in [0.4, 0.5) is 0 Å². The molecule has 0 aromatic heterocycles. The number of ether oxygens (including phenoxy) is 1. The average Bonchev–Trinajstić information content (AvgIpc) is 2.35. The first-order valence-electron chi connectivity index (χ1n) is 5.96. The number of hydrogen-bond donors (Lipinski definition) is 3. The molecule has 0 saturated heterocycles. The first-order valence-corrected chi connectivity index (χ1v) is 5.96. The number of aromatic hydroxyl groups is 1. The minimum absolute atomic E-state index is 0.297. The fourth-order valence-electron chi connectivity index (χ4n) is 1.69. The first kappa shape index (κ1) is 14.0. The number of phenolic OH excluding ortho intramolecular Hbond substituents is 1. The third kappa shape index (κ3) is 5.68. The van der Waals surface area contributed by atoms with Gasteiger partial charge in [0.1, 0.15) is 5.75 Å². The van der Waals surface area contributed by atoms with Gasteiger partial charge in [-0.2, -0.15) is 0 Å². The standard InChI is InChI=1S/C13H22N2O2/c1-17-10-12(3-2-8-14)15-9-11-4-6-13(16)7-5-11/h4-7,12,15-16H,2-3,8-10,14H2,1H3. The summed E-state index contributed by atoms with van der Waals surface area (Å²) >= 11 is 0. The van der Waals surface area contributed by atoms with Crippen LogP contribution in [-0.4, -0.2) is 31.4 Å². The van der Waals surface area contributed by atoms with Crippen LogP contribution in [0.5, 0.6) is 5.75 Å². The Bertz CT molecular complexity index is 301. The van der Waals surface area contributed by atoms with E-state index in [4.69, 9.17) is 10.5 Å². The second-order valence-corrected chi connectivity index (χ2v) is 4.13. The van der Waals surface area contributed by atoms with Crippen LogP contribution < -0.4 is 11.1 Å². The maximum atomic E-state index is 9.18. The second-order valence-electron chi connectivity index (χ2n) is 4.13. The summed E-state index contributed by atoms with van der Waals surface area (Å²) in [5, 5.41) is 12.6. The molecule has 0 aliphatic rings. The largest absolute Gasteiger partial charge is 0.508 e. The first-order chi connectivity index (χ1) is 8.26. The highest BCUT2D eigenvalue weighted by Crippen LogP contribution is 2.09. The van der Waals surface area contributed by atoms with Crippen LogP contribution in [0.2, 0.25) is 0 Å². The molecule has 96 valence electrons. The zero-order chi connectivity index (χ0) is 12.5. The van der Waals surface area contributed by atoms with Crippen LogP contribution in [0, 0.1) is 0 Å². The number of methoxy groups -OCH3 is 1.